The smallest absolute Gasteiger partial charge is 0.226 e. The van der Waals surface area contributed by atoms with E-state index in [1.54, 1.807) is 13.4 Å². The first-order valence-electron chi connectivity index (χ1n) is 9.44. The molecule has 1 atom stereocenters. The molecule has 7 heteroatoms. The summed E-state index contributed by atoms with van der Waals surface area (Å²) in [5, 5.41) is 8.76. The quantitative estimate of drug-likeness (QED) is 0.529. The number of hydrogen-bond donors (Lipinski definition) is 0. The average Bonchev–Trinajstić information content (AvgIpc) is 3.48. The number of rotatable bonds is 5. The Labute approximate surface area is 162 Å². The Kier molecular flexibility index (Phi) is 4.29. The average molecular weight is 375 g/mol. The molecule has 0 radical (unpaired) electrons. The number of nitrogens with zero attached hydrogens (tertiary/aromatic N) is 5. The first-order chi connectivity index (χ1) is 13.8. The minimum Gasteiger partial charge on any atom is -0.497 e. The molecule has 4 aromatic rings. The summed E-state index contributed by atoms with van der Waals surface area (Å²) in [7, 11) is 1.66. The van der Waals surface area contributed by atoms with Gasteiger partial charge in [-0.05, 0) is 55.8 Å². The van der Waals surface area contributed by atoms with Crippen molar-refractivity contribution in [3.8, 4) is 17.2 Å². The van der Waals surface area contributed by atoms with Gasteiger partial charge < -0.3 is 9.15 Å². The van der Waals surface area contributed by atoms with Gasteiger partial charge in [0.25, 0.3) is 0 Å². The number of pyridine rings is 1. The summed E-state index contributed by atoms with van der Waals surface area (Å²) in [6.07, 6.45) is 5.98. The zero-order chi connectivity index (χ0) is 18.9. The molecule has 142 valence electrons. The molecule has 1 unspecified atom stereocenters. The van der Waals surface area contributed by atoms with Gasteiger partial charge in [-0.2, -0.15) is 0 Å². The third-order valence-electron chi connectivity index (χ3n) is 5.26. The van der Waals surface area contributed by atoms with Crippen molar-refractivity contribution in [2.24, 2.45) is 0 Å². The predicted octanol–water partition coefficient (Wildman–Crippen LogP) is 3.73. The third-order valence-corrected chi connectivity index (χ3v) is 5.26. The molecular weight excluding hydrogens is 354 g/mol. The maximum atomic E-state index is 5.72. The number of methoxy groups -OCH3 is 1. The lowest BCUT2D eigenvalue weighted by Crippen LogP contribution is -2.24. The lowest BCUT2D eigenvalue weighted by Gasteiger charge is -2.21. The lowest BCUT2D eigenvalue weighted by molar-refractivity contribution is 0.236. The summed E-state index contributed by atoms with van der Waals surface area (Å²) in [5.41, 5.74) is 2.74. The van der Waals surface area contributed by atoms with Gasteiger partial charge in [0.2, 0.25) is 5.89 Å². The second-order valence-electron chi connectivity index (χ2n) is 6.99. The van der Waals surface area contributed by atoms with E-state index in [4.69, 9.17) is 9.15 Å². The summed E-state index contributed by atoms with van der Waals surface area (Å²) in [4.78, 5) is 7.09. The van der Waals surface area contributed by atoms with E-state index in [0.29, 0.717) is 5.89 Å². The van der Waals surface area contributed by atoms with Crippen molar-refractivity contribution < 1.29 is 9.15 Å². The van der Waals surface area contributed by atoms with Crippen LogP contribution in [-0.2, 0) is 6.54 Å². The fourth-order valence-corrected chi connectivity index (χ4v) is 3.85. The normalized spacial score (nSPS) is 17.4. The molecule has 0 bridgehead atoms. The van der Waals surface area contributed by atoms with Crippen molar-refractivity contribution >= 4 is 5.65 Å². The molecule has 1 saturated heterocycles. The van der Waals surface area contributed by atoms with Crippen LogP contribution in [-0.4, -0.2) is 38.1 Å². The van der Waals surface area contributed by atoms with Crippen LogP contribution in [0, 0.1) is 0 Å². The van der Waals surface area contributed by atoms with E-state index in [0.717, 1.165) is 54.4 Å². The summed E-state index contributed by atoms with van der Waals surface area (Å²) >= 11 is 0. The van der Waals surface area contributed by atoms with Gasteiger partial charge in [0.1, 0.15) is 12.0 Å². The minimum absolute atomic E-state index is 0.235. The molecule has 28 heavy (non-hydrogen) atoms. The fourth-order valence-electron chi connectivity index (χ4n) is 3.85. The van der Waals surface area contributed by atoms with Crippen LogP contribution < -0.4 is 4.74 Å². The molecule has 0 aliphatic carbocycles. The molecule has 1 aromatic carbocycles. The molecule has 1 fully saturated rings. The van der Waals surface area contributed by atoms with Crippen LogP contribution in [0.5, 0.6) is 5.75 Å². The topological polar surface area (TPSA) is 68.7 Å². The molecule has 1 aliphatic rings. The Morgan fingerprint density at radius 3 is 2.89 bits per heavy atom. The van der Waals surface area contributed by atoms with E-state index < -0.39 is 0 Å². The van der Waals surface area contributed by atoms with Crippen molar-refractivity contribution in [2.75, 3.05) is 13.7 Å². The van der Waals surface area contributed by atoms with Gasteiger partial charge in [-0.1, -0.05) is 6.07 Å². The Morgan fingerprint density at radius 2 is 2.04 bits per heavy atom. The Morgan fingerprint density at radius 1 is 1.14 bits per heavy atom. The molecule has 0 N–H and O–H groups in total. The maximum absolute atomic E-state index is 5.72. The van der Waals surface area contributed by atoms with Gasteiger partial charge in [-0.25, -0.2) is 4.98 Å². The van der Waals surface area contributed by atoms with Crippen molar-refractivity contribution in [1.29, 1.82) is 0 Å². The summed E-state index contributed by atoms with van der Waals surface area (Å²) in [6, 6.07) is 13.9. The number of benzene rings is 1. The minimum atomic E-state index is 0.235. The molecule has 3 aromatic heterocycles. The number of aromatic nitrogens is 4. The molecule has 0 spiro atoms. The largest absolute Gasteiger partial charge is 0.497 e. The number of likely N-dealkylation sites (tertiary alicyclic amines) is 1. The van der Waals surface area contributed by atoms with Crippen LogP contribution in [0.15, 0.2) is 59.3 Å². The summed E-state index contributed by atoms with van der Waals surface area (Å²) < 4.78 is 13.0. The van der Waals surface area contributed by atoms with Crippen LogP contribution >= 0.6 is 0 Å². The van der Waals surface area contributed by atoms with Crippen molar-refractivity contribution in [3.63, 3.8) is 0 Å². The predicted molar refractivity (Wildman–Crippen MR) is 104 cm³/mol. The first-order valence-corrected chi connectivity index (χ1v) is 9.44. The van der Waals surface area contributed by atoms with Crippen molar-refractivity contribution in [2.45, 2.75) is 25.4 Å². The van der Waals surface area contributed by atoms with Crippen LogP contribution in [0.25, 0.3) is 17.1 Å². The van der Waals surface area contributed by atoms with Gasteiger partial charge in [-0.3, -0.25) is 9.30 Å². The second kappa shape index (κ2) is 7.09. The van der Waals surface area contributed by atoms with Gasteiger partial charge >= 0.3 is 0 Å². The molecular formula is C21H21N5O2. The van der Waals surface area contributed by atoms with Crippen LogP contribution in [0.2, 0.25) is 0 Å². The van der Waals surface area contributed by atoms with Gasteiger partial charge in [0.05, 0.1) is 18.8 Å². The Hall–Kier alpha value is -3.19. The van der Waals surface area contributed by atoms with E-state index in [-0.39, 0.29) is 6.04 Å². The van der Waals surface area contributed by atoms with E-state index in [1.807, 2.05) is 48.7 Å². The SMILES string of the molecule is COc1ccc(-c2nc(CN3CCCC3c3nnc4ccccn34)co2)cc1. The molecule has 7 nitrogen and oxygen atoms in total. The van der Waals surface area contributed by atoms with Crippen molar-refractivity contribution in [1.82, 2.24) is 24.5 Å². The fraction of sp³-hybridized carbons (Fsp3) is 0.286. The zero-order valence-corrected chi connectivity index (χ0v) is 15.7. The van der Waals surface area contributed by atoms with Crippen molar-refractivity contribution in [3.05, 3.63) is 66.4 Å². The Balaban J connectivity index is 1.36. The van der Waals surface area contributed by atoms with Gasteiger partial charge in [0.15, 0.2) is 11.5 Å². The van der Waals surface area contributed by atoms with Gasteiger partial charge in [0, 0.05) is 18.3 Å². The van der Waals surface area contributed by atoms with Gasteiger partial charge in [-0.15, -0.1) is 10.2 Å². The number of hydrogen-bond acceptors (Lipinski definition) is 6. The third kappa shape index (κ3) is 3.03. The van der Waals surface area contributed by atoms with E-state index in [2.05, 4.69) is 24.5 Å². The molecule has 4 heterocycles. The summed E-state index contributed by atoms with van der Waals surface area (Å²) in [5.74, 6) is 2.43. The second-order valence-corrected chi connectivity index (χ2v) is 6.99. The van der Waals surface area contributed by atoms with E-state index in [1.165, 1.54) is 0 Å². The van der Waals surface area contributed by atoms with Crippen LogP contribution in [0.4, 0.5) is 0 Å². The standard InChI is InChI=1S/C21H21N5O2/c1-27-17-9-7-15(8-10-17)21-22-16(14-28-21)13-25-11-4-5-18(25)20-24-23-19-6-2-3-12-26(19)20/h2-3,6-10,12,14,18H,4-5,11,13H2,1H3. The zero-order valence-electron chi connectivity index (χ0n) is 15.7. The van der Waals surface area contributed by atoms with E-state index in [9.17, 15) is 0 Å². The Bertz CT molecular complexity index is 1090. The highest BCUT2D eigenvalue weighted by molar-refractivity contribution is 5.54. The molecule has 5 rings (SSSR count). The lowest BCUT2D eigenvalue weighted by atomic mass is 10.2. The van der Waals surface area contributed by atoms with Crippen LogP contribution in [0.1, 0.15) is 30.4 Å². The highest BCUT2D eigenvalue weighted by atomic mass is 16.5. The highest BCUT2D eigenvalue weighted by Gasteiger charge is 2.30. The number of ether oxygens (including phenoxy) is 1. The molecule has 0 saturated carbocycles. The monoisotopic (exact) mass is 375 g/mol. The highest BCUT2D eigenvalue weighted by Crippen LogP contribution is 2.32. The maximum Gasteiger partial charge on any atom is 0.226 e. The summed E-state index contributed by atoms with van der Waals surface area (Å²) in [6.45, 7) is 1.74. The number of fused-ring (bicyclic) bond motifs is 1. The molecule has 0 amide bonds. The van der Waals surface area contributed by atoms with Crippen LogP contribution in [0.3, 0.4) is 0 Å². The molecule has 1 aliphatic heterocycles. The first kappa shape index (κ1) is 16.9. The number of oxazole rings is 1. The van der Waals surface area contributed by atoms with E-state index >= 15 is 0 Å².